The van der Waals surface area contributed by atoms with Crippen molar-refractivity contribution in [2.75, 3.05) is 13.1 Å². The van der Waals surface area contributed by atoms with Crippen LogP contribution in [0.15, 0.2) is 10.9 Å². The van der Waals surface area contributed by atoms with Crippen LogP contribution in [0.25, 0.3) is 0 Å². The topological polar surface area (TPSA) is 75.4 Å². The van der Waals surface area contributed by atoms with Crippen molar-refractivity contribution in [2.24, 2.45) is 11.8 Å². The van der Waals surface area contributed by atoms with Gasteiger partial charge in [-0.05, 0) is 45.1 Å². The summed E-state index contributed by atoms with van der Waals surface area (Å²) < 4.78 is 1.57. The number of hydrogen-bond acceptors (Lipinski definition) is 4. The van der Waals surface area contributed by atoms with Gasteiger partial charge in [0.1, 0.15) is 0 Å². The van der Waals surface area contributed by atoms with Crippen molar-refractivity contribution >= 4 is 5.91 Å². The zero-order valence-electron chi connectivity index (χ0n) is 15.5. The molecule has 1 saturated heterocycles. The largest absolute Gasteiger partial charge is 0.390 e. The van der Waals surface area contributed by atoms with Gasteiger partial charge in [0.05, 0.1) is 5.60 Å². The fraction of sp³-hybridized carbons (Fsp3) is 0.737. The molecule has 6 heteroatoms. The van der Waals surface area contributed by atoms with E-state index >= 15 is 0 Å². The molecule has 2 aliphatic rings. The molecule has 0 aromatic carbocycles. The molecule has 0 bridgehead atoms. The van der Waals surface area contributed by atoms with Crippen molar-refractivity contribution in [1.82, 2.24) is 14.5 Å². The Hall–Kier alpha value is -1.69. The summed E-state index contributed by atoms with van der Waals surface area (Å²) in [6, 6.07) is 1.86. The molecule has 1 amide bonds. The van der Waals surface area contributed by atoms with Crippen LogP contribution in [0.3, 0.4) is 0 Å². The first-order valence-corrected chi connectivity index (χ1v) is 9.39. The summed E-state index contributed by atoms with van der Waals surface area (Å²) in [5.41, 5.74) is 0.626. The molecule has 0 unspecified atom stereocenters. The maximum Gasteiger partial charge on any atom is 0.347 e. The van der Waals surface area contributed by atoms with Crippen LogP contribution in [0.2, 0.25) is 0 Å². The van der Waals surface area contributed by atoms with Crippen molar-refractivity contribution in [1.29, 1.82) is 0 Å². The lowest BCUT2D eigenvalue weighted by Gasteiger charge is -2.40. The second kappa shape index (κ2) is 6.90. The average Bonchev–Trinajstić information content (AvgIpc) is 2.99. The summed E-state index contributed by atoms with van der Waals surface area (Å²) in [6.45, 7) is 7.45. The minimum atomic E-state index is -0.619. The minimum Gasteiger partial charge on any atom is -0.390 e. The zero-order valence-corrected chi connectivity index (χ0v) is 15.5. The molecule has 3 rings (SSSR count). The molecule has 6 nitrogen and oxygen atoms in total. The monoisotopic (exact) mass is 347 g/mol. The Labute approximate surface area is 148 Å². The van der Waals surface area contributed by atoms with E-state index < -0.39 is 5.60 Å². The van der Waals surface area contributed by atoms with Crippen LogP contribution in [-0.2, 0) is 11.3 Å². The van der Waals surface area contributed by atoms with Gasteiger partial charge >= 0.3 is 5.69 Å². The highest BCUT2D eigenvalue weighted by atomic mass is 16.3. The van der Waals surface area contributed by atoms with Crippen LogP contribution in [0.1, 0.15) is 50.4 Å². The fourth-order valence-electron chi connectivity index (χ4n) is 4.68. The van der Waals surface area contributed by atoms with Gasteiger partial charge in [0.15, 0.2) is 0 Å². The van der Waals surface area contributed by atoms with Crippen LogP contribution in [-0.4, -0.2) is 44.2 Å². The number of aromatic nitrogens is 2. The Balaban J connectivity index is 1.64. The lowest BCUT2D eigenvalue weighted by atomic mass is 9.69. The van der Waals surface area contributed by atoms with Crippen molar-refractivity contribution in [2.45, 2.75) is 65.0 Å². The van der Waals surface area contributed by atoms with Crippen LogP contribution >= 0.6 is 0 Å². The smallest absolute Gasteiger partial charge is 0.347 e. The quantitative estimate of drug-likeness (QED) is 0.899. The molecule has 2 heterocycles. The van der Waals surface area contributed by atoms with Gasteiger partial charge in [-0.25, -0.2) is 4.79 Å². The normalized spacial score (nSPS) is 28.9. The molecular weight excluding hydrogens is 318 g/mol. The van der Waals surface area contributed by atoms with E-state index in [0.29, 0.717) is 31.1 Å². The Morgan fingerprint density at radius 1 is 1.40 bits per heavy atom. The summed E-state index contributed by atoms with van der Waals surface area (Å²) >= 11 is 0. The third kappa shape index (κ3) is 3.50. The number of amides is 1. The summed E-state index contributed by atoms with van der Waals surface area (Å²) in [6.07, 6.45) is 4.03. The van der Waals surface area contributed by atoms with Crippen molar-refractivity contribution < 1.29 is 9.90 Å². The van der Waals surface area contributed by atoms with Gasteiger partial charge in [-0.15, -0.1) is 0 Å². The maximum atomic E-state index is 12.7. The molecule has 1 aliphatic heterocycles. The lowest BCUT2D eigenvalue weighted by molar-refractivity contribution is -0.131. The van der Waals surface area contributed by atoms with Gasteiger partial charge in [-0.3, -0.25) is 9.36 Å². The number of aryl methyl sites for hydroxylation is 2. The fourth-order valence-corrected chi connectivity index (χ4v) is 4.68. The SMILES string of the molecule is CC[C@]1(O)CCC[C@H]2CN(C(=O)CCn3c(C)cc(C)nc3=O)C[C@H]21. The minimum absolute atomic E-state index is 0.0692. The number of hydrogen-bond donors (Lipinski definition) is 1. The highest BCUT2D eigenvalue weighted by Gasteiger charge is 2.48. The first-order valence-electron chi connectivity index (χ1n) is 9.39. The number of rotatable bonds is 4. The molecule has 138 valence electrons. The Morgan fingerprint density at radius 2 is 2.16 bits per heavy atom. The van der Waals surface area contributed by atoms with E-state index in [1.807, 2.05) is 24.8 Å². The van der Waals surface area contributed by atoms with Crippen molar-refractivity contribution in [3.8, 4) is 0 Å². The van der Waals surface area contributed by atoms with E-state index in [1.54, 1.807) is 11.5 Å². The van der Waals surface area contributed by atoms with Crippen molar-refractivity contribution in [3.63, 3.8) is 0 Å². The molecule has 1 aromatic rings. The number of carbonyl (C=O) groups excluding carboxylic acids is 1. The van der Waals surface area contributed by atoms with E-state index in [2.05, 4.69) is 4.98 Å². The predicted molar refractivity (Wildman–Crippen MR) is 95.2 cm³/mol. The van der Waals surface area contributed by atoms with Crippen LogP contribution in [0.4, 0.5) is 0 Å². The number of carbonyl (C=O) groups is 1. The van der Waals surface area contributed by atoms with Crippen LogP contribution < -0.4 is 5.69 Å². The molecule has 0 radical (unpaired) electrons. The summed E-state index contributed by atoms with van der Waals surface area (Å²) in [4.78, 5) is 30.5. The van der Waals surface area contributed by atoms with E-state index in [1.165, 1.54) is 0 Å². The van der Waals surface area contributed by atoms with E-state index in [-0.39, 0.29) is 17.5 Å². The summed E-state index contributed by atoms with van der Waals surface area (Å²) in [7, 11) is 0. The van der Waals surface area contributed by atoms with Crippen LogP contribution in [0, 0.1) is 25.7 Å². The van der Waals surface area contributed by atoms with Crippen molar-refractivity contribution in [3.05, 3.63) is 27.9 Å². The Kier molecular flexibility index (Phi) is 5.00. The second-order valence-corrected chi connectivity index (χ2v) is 7.74. The number of nitrogens with zero attached hydrogens (tertiary/aromatic N) is 3. The van der Waals surface area contributed by atoms with Gasteiger partial charge in [0.2, 0.25) is 5.91 Å². The van der Waals surface area contributed by atoms with Gasteiger partial charge < -0.3 is 10.0 Å². The molecule has 1 aromatic heterocycles. The molecule has 1 saturated carbocycles. The van der Waals surface area contributed by atoms with E-state index in [4.69, 9.17) is 0 Å². The van der Waals surface area contributed by atoms with E-state index in [0.717, 1.165) is 37.9 Å². The standard InChI is InChI=1S/C19H29N3O3/c1-4-19(25)8-5-6-15-11-21(12-16(15)19)17(23)7-9-22-14(3)10-13(2)20-18(22)24/h10,15-16,25H,4-9,11-12H2,1-3H3/t15-,16+,19-/m0/s1. The van der Waals surface area contributed by atoms with Gasteiger partial charge in [0.25, 0.3) is 0 Å². The third-order valence-corrected chi connectivity index (χ3v) is 6.18. The summed E-state index contributed by atoms with van der Waals surface area (Å²) in [5, 5.41) is 10.9. The first kappa shape index (κ1) is 18.1. The predicted octanol–water partition coefficient (Wildman–Crippen LogP) is 1.65. The Morgan fingerprint density at radius 3 is 2.84 bits per heavy atom. The lowest BCUT2D eigenvalue weighted by Crippen LogP contribution is -2.44. The molecule has 1 aliphatic carbocycles. The number of aliphatic hydroxyl groups is 1. The highest BCUT2D eigenvalue weighted by molar-refractivity contribution is 5.76. The first-order chi connectivity index (χ1) is 11.8. The molecular formula is C19H29N3O3. The van der Waals surface area contributed by atoms with Gasteiger partial charge in [-0.2, -0.15) is 4.98 Å². The molecule has 2 fully saturated rings. The molecule has 0 spiro atoms. The molecule has 25 heavy (non-hydrogen) atoms. The van der Waals surface area contributed by atoms with E-state index in [9.17, 15) is 14.7 Å². The zero-order chi connectivity index (χ0) is 18.2. The summed E-state index contributed by atoms with van der Waals surface area (Å²) in [5.74, 6) is 0.675. The molecule has 3 atom stereocenters. The second-order valence-electron chi connectivity index (χ2n) is 7.74. The van der Waals surface area contributed by atoms with Crippen LogP contribution in [0.5, 0.6) is 0 Å². The maximum absolute atomic E-state index is 12.7. The Bertz CT molecular complexity index is 714. The number of fused-ring (bicyclic) bond motifs is 1. The third-order valence-electron chi connectivity index (χ3n) is 6.18. The number of likely N-dealkylation sites (tertiary alicyclic amines) is 1. The average molecular weight is 347 g/mol. The highest BCUT2D eigenvalue weighted by Crippen LogP contribution is 2.44. The van der Waals surface area contributed by atoms with Gasteiger partial charge in [0, 0.05) is 43.4 Å². The van der Waals surface area contributed by atoms with Gasteiger partial charge in [-0.1, -0.05) is 13.3 Å². The molecule has 1 N–H and O–H groups in total.